The molecular weight excluding hydrogens is 445 g/mol. The van der Waals surface area contributed by atoms with E-state index in [1.54, 1.807) is 42.5 Å². The SMILES string of the molecule is COc1ccc([C@@H]2CC(=O)NC(SCC(=O)Nc3ccccc3Cl)=C2C#N)cc1Cl. The maximum Gasteiger partial charge on any atom is 0.234 e. The minimum absolute atomic E-state index is 0.00209. The molecule has 0 bridgehead atoms. The zero-order chi connectivity index (χ0) is 21.7. The largest absolute Gasteiger partial charge is 0.495 e. The molecule has 0 aromatic heterocycles. The molecule has 1 atom stereocenters. The van der Waals surface area contributed by atoms with Gasteiger partial charge in [0.15, 0.2) is 0 Å². The third-order valence-electron chi connectivity index (χ3n) is 4.43. The van der Waals surface area contributed by atoms with Gasteiger partial charge in [0.2, 0.25) is 11.8 Å². The van der Waals surface area contributed by atoms with E-state index < -0.39 is 5.92 Å². The fraction of sp³-hybridized carbons (Fsp3) is 0.190. The summed E-state index contributed by atoms with van der Waals surface area (Å²) in [7, 11) is 1.51. The maximum atomic E-state index is 12.3. The zero-order valence-electron chi connectivity index (χ0n) is 15.9. The molecule has 2 amide bonds. The number of anilines is 1. The van der Waals surface area contributed by atoms with Crippen LogP contribution in [0.1, 0.15) is 17.9 Å². The molecule has 1 heterocycles. The molecule has 0 unspecified atom stereocenters. The summed E-state index contributed by atoms with van der Waals surface area (Å²) in [4.78, 5) is 24.6. The van der Waals surface area contributed by atoms with Crippen molar-refractivity contribution >= 4 is 52.5 Å². The molecule has 1 aliphatic heterocycles. The number of carbonyl (C=O) groups is 2. The van der Waals surface area contributed by atoms with Crippen molar-refractivity contribution in [1.82, 2.24) is 5.32 Å². The van der Waals surface area contributed by atoms with E-state index in [1.807, 2.05) is 0 Å². The molecule has 1 aliphatic rings. The predicted molar refractivity (Wildman–Crippen MR) is 119 cm³/mol. The van der Waals surface area contributed by atoms with Gasteiger partial charge in [0, 0.05) is 12.3 Å². The number of nitrogens with zero attached hydrogens (tertiary/aromatic N) is 1. The van der Waals surface area contributed by atoms with Gasteiger partial charge in [-0.25, -0.2) is 0 Å². The molecule has 0 saturated heterocycles. The smallest absolute Gasteiger partial charge is 0.234 e. The number of para-hydroxylation sites is 1. The average Bonchev–Trinajstić information content (AvgIpc) is 2.73. The van der Waals surface area contributed by atoms with Crippen molar-refractivity contribution in [3.63, 3.8) is 0 Å². The van der Waals surface area contributed by atoms with Crippen LogP contribution in [-0.2, 0) is 9.59 Å². The number of nitrogens with one attached hydrogen (secondary N) is 2. The Morgan fingerprint density at radius 2 is 2.07 bits per heavy atom. The van der Waals surface area contributed by atoms with Gasteiger partial charge in [0.05, 0.1) is 45.3 Å². The first kappa shape index (κ1) is 22.0. The van der Waals surface area contributed by atoms with Crippen molar-refractivity contribution in [2.24, 2.45) is 0 Å². The molecule has 6 nitrogen and oxygen atoms in total. The van der Waals surface area contributed by atoms with Gasteiger partial charge in [0.1, 0.15) is 5.75 Å². The number of ether oxygens (including phenoxy) is 1. The normalized spacial score (nSPS) is 15.9. The van der Waals surface area contributed by atoms with Crippen LogP contribution in [-0.4, -0.2) is 24.7 Å². The fourth-order valence-electron chi connectivity index (χ4n) is 3.00. The number of halogens is 2. The third-order valence-corrected chi connectivity index (χ3v) is 6.07. The van der Waals surface area contributed by atoms with Crippen LogP contribution in [0.3, 0.4) is 0 Å². The Balaban J connectivity index is 1.79. The highest BCUT2D eigenvalue weighted by Gasteiger charge is 2.30. The second-order valence-corrected chi connectivity index (χ2v) is 8.17. The van der Waals surface area contributed by atoms with Gasteiger partial charge in [-0.1, -0.05) is 53.2 Å². The summed E-state index contributed by atoms with van der Waals surface area (Å²) in [5.74, 6) is -0.487. The number of methoxy groups -OCH3 is 1. The fourth-order valence-corrected chi connectivity index (χ4v) is 4.33. The van der Waals surface area contributed by atoms with Gasteiger partial charge < -0.3 is 15.4 Å². The quantitative estimate of drug-likeness (QED) is 0.649. The number of hydrogen-bond acceptors (Lipinski definition) is 5. The summed E-state index contributed by atoms with van der Waals surface area (Å²) >= 11 is 13.4. The van der Waals surface area contributed by atoms with Crippen molar-refractivity contribution in [3.05, 3.63) is 68.7 Å². The highest BCUT2D eigenvalue weighted by Crippen LogP contribution is 2.38. The van der Waals surface area contributed by atoms with Gasteiger partial charge >= 0.3 is 0 Å². The van der Waals surface area contributed by atoms with Crippen molar-refractivity contribution in [2.75, 3.05) is 18.2 Å². The van der Waals surface area contributed by atoms with Crippen molar-refractivity contribution in [1.29, 1.82) is 5.26 Å². The molecule has 0 spiro atoms. The number of amides is 2. The van der Waals surface area contributed by atoms with Crippen LogP contribution in [0.5, 0.6) is 5.75 Å². The first-order chi connectivity index (χ1) is 14.4. The van der Waals surface area contributed by atoms with E-state index in [1.165, 1.54) is 7.11 Å². The van der Waals surface area contributed by atoms with Crippen LogP contribution in [0.25, 0.3) is 0 Å². The van der Waals surface area contributed by atoms with Crippen LogP contribution in [0.4, 0.5) is 5.69 Å². The lowest BCUT2D eigenvalue weighted by molar-refractivity contribution is -0.121. The Morgan fingerprint density at radius 1 is 1.30 bits per heavy atom. The van der Waals surface area contributed by atoms with Crippen LogP contribution in [0.15, 0.2) is 53.1 Å². The number of hydrogen-bond donors (Lipinski definition) is 2. The molecule has 30 heavy (non-hydrogen) atoms. The number of thioether (sulfide) groups is 1. The molecule has 2 N–H and O–H groups in total. The van der Waals surface area contributed by atoms with E-state index in [4.69, 9.17) is 27.9 Å². The molecule has 154 valence electrons. The van der Waals surface area contributed by atoms with E-state index in [2.05, 4.69) is 16.7 Å². The third kappa shape index (κ3) is 5.08. The molecule has 0 aliphatic carbocycles. The van der Waals surface area contributed by atoms with Gasteiger partial charge in [-0.15, -0.1) is 0 Å². The van der Waals surface area contributed by atoms with Crippen molar-refractivity contribution < 1.29 is 14.3 Å². The number of carbonyl (C=O) groups excluding carboxylic acids is 2. The summed E-state index contributed by atoms with van der Waals surface area (Å²) in [5, 5.41) is 16.3. The highest BCUT2D eigenvalue weighted by atomic mass is 35.5. The number of rotatable bonds is 6. The van der Waals surface area contributed by atoms with E-state index in [0.29, 0.717) is 32.1 Å². The van der Waals surface area contributed by atoms with E-state index in [9.17, 15) is 14.9 Å². The first-order valence-electron chi connectivity index (χ1n) is 8.87. The Labute approximate surface area is 188 Å². The molecule has 3 rings (SSSR count). The minimum atomic E-state index is -0.457. The summed E-state index contributed by atoms with van der Waals surface area (Å²) in [6.45, 7) is 0. The van der Waals surface area contributed by atoms with Gasteiger partial charge in [-0.3, -0.25) is 9.59 Å². The van der Waals surface area contributed by atoms with E-state index in [0.717, 1.165) is 17.3 Å². The summed E-state index contributed by atoms with van der Waals surface area (Å²) < 4.78 is 5.16. The Kier molecular flexibility index (Phi) is 7.27. The first-order valence-corrected chi connectivity index (χ1v) is 10.6. The van der Waals surface area contributed by atoms with Gasteiger partial charge in [-0.05, 0) is 29.8 Å². The molecule has 0 saturated carbocycles. The van der Waals surface area contributed by atoms with Gasteiger partial charge in [-0.2, -0.15) is 5.26 Å². The van der Waals surface area contributed by atoms with Gasteiger partial charge in [0.25, 0.3) is 0 Å². The molecule has 9 heteroatoms. The Hall–Kier alpha value is -2.66. The number of nitriles is 1. The highest BCUT2D eigenvalue weighted by molar-refractivity contribution is 8.03. The molecule has 2 aromatic carbocycles. The second-order valence-electron chi connectivity index (χ2n) is 6.37. The summed E-state index contributed by atoms with van der Waals surface area (Å²) in [5.41, 5.74) is 1.61. The van der Waals surface area contributed by atoms with Crippen LogP contribution < -0.4 is 15.4 Å². The van der Waals surface area contributed by atoms with Crippen molar-refractivity contribution in [2.45, 2.75) is 12.3 Å². The summed E-state index contributed by atoms with van der Waals surface area (Å²) in [6.07, 6.45) is 0.113. The van der Waals surface area contributed by atoms with Crippen LogP contribution in [0.2, 0.25) is 10.0 Å². The van der Waals surface area contributed by atoms with E-state index in [-0.39, 0.29) is 24.0 Å². The topological polar surface area (TPSA) is 91.2 Å². The lowest BCUT2D eigenvalue weighted by Crippen LogP contribution is -2.31. The lowest BCUT2D eigenvalue weighted by Gasteiger charge is -2.25. The Bertz CT molecular complexity index is 1070. The monoisotopic (exact) mass is 461 g/mol. The predicted octanol–water partition coefficient (Wildman–Crippen LogP) is 4.71. The molecular formula is C21H17Cl2N3O3S. The average molecular weight is 462 g/mol. The minimum Gasteiger partial charge on any atom is -0.495 e. The molecule has 0 fully saturated rings. The van der Waals surface area contributed by atoms with Crippen LogP contribution in [0, 0.1) is 11.3 Å². The Morgan fingerprint density at radius 3 is 2.73 bits per heavy atom. The second kappa shape index (κ2) is 9.90. The summed E-state index contributed by atoms with van der Waals surface area (Å²) in [6, 6.07) is 14.2. The number of allylic oxidation sites excluding steroid dienone is 1. The number of benzene rings is 2. The zero-order valence-corrected chi connectivity index (χ0v) is 18.2. The molecule has 0 radical (unpaired) electrons. The standard InChI is InChI=1S/C21H17Cl2N3O3S/c1-29-18-7-6-12(8-16(18)23)13-9-19(27)26-21(14(13)10-24)30-11-20(28)25-17-5-3-2-4-15(17)22/h2-8,13H,9,11H2,1H3,(H,25,28)(H,26,27)/t13-/m0/s1. The van der Waals surface area contributed by atoms with Crippen LogP contribution >= 0.6 is 35.0 Å². The maximum absolute atomic E-state index is 12.3. The lowest BCUT2D eigenvalue weighted by atomic mass is 9.87. The molecule has 2 aromatic rings. The van der Waals surface area contributed by atoms with Crippen molar-refractivity contribution in [3.8, 4) is 11.8 Å². The van der Waals surface area contributed by atoms with E-state index >= 15 is 0 Å².